The molecule has 0 spiro atoms. The second kappa shape index (κ2) is 8.63. The van der Waals surface area contributed by atoms with Gasteiger partial charge in [0, 0.05) is 15.8 Å². The summed E-state index contributed by atoms with van der Waals surface area (Å²) in [6.07, 6.45) is 3.15. The van der Waals surface area contributed by atoms with Crippen molar-refractivity contribution in [2.45, 2.75) is 32.8 Å². The fraction of sp³-hybridized carbons (Fsp3) is 0.250. The molecular formula is C24H26N2OS. The number of aryl methyl sites for hydroxylation is 2. The van der Waals surface area contributed by atoms with Gasteiger partial charge >= 0.3 is 0 Å². The first-order valence-electron chi connectivity index (χ1n) is 9.83. The summed E-state index contributed by atoms with van der Waals surface area (Å²) in [7, 11) is 0. The fourth-order valence-electron chi connectivity index (χ4n) is 3.54. The molecule has 4 aromatic rings. The smallest absolute Gasteiger partial charge is 0.120 e. The number of hydrogen-bond acceptors (Lipinski definition) is 3. The Morgan fingerprint density at radius 2 is 1.86 bits per heavy atom. The third-order valence-corrected chi connectivity index (χ3v) is 6.01. The Bertz CT molecular complexity index is 1050. The number of fused-ring (bicyclic) bond motifs is 1. The fourth-order valence-corrected chi connectivity index (χ4v) is 4.44. The molecule has 28 heavy (non-hydrogen) atoms. The van der Waals surface area contributed by atoms with E-state index in [0.29, 0.717) is 6.61 Å². The summed E-state index contributed by atoms with van der Waals surface area (Å²) in [5.74, 6) is 0.907. The van der Waals surface area contributed by atoms with Crippen molar-refractivity contribution >= 4 is 22.2 Å². The number of thiophene rings is 1. The zero-order valence-electron chi connectivity index (χ0n) is 16.2. The molecule has 144 valence electrons. The van der Waals surface area contributed by atoms with Crippen LogP contribution in [0.25, 0.3) is 21.5 Å². The highest BCUT2D eigenvalue weighted by atomic mass is 32.1. The van der Waals surface area contributed by atoms with Crippen LogP contribution in [0.4, 0.5) is 0 Å². The van der Waals surface area contributed by atoms with Crippen molar-refractivity contribution in [2.75, 3.05) is 6.54 Å². The normalized spacial score (nSPS) is 11.2. The molecule has 2 aromatic carbocycles. The van der Waals surface area contributed by atoms with Crippen LogP contribution in [-0.2, 0) is 13.0 Å². The van der Waals surface area contributed by atoms with Gasteiger partial charge in [0.25, 0.3) is 0 Å². The lowest BCUT2D eigenvalue weighted by Gasteiger charge is -2.07. The summed E-state index contributed by atoms with van der Waals surface area (Å²) in [5, 5.41) is 1.25. The van der Waals surface area contributed by atoms with Crippen molar-refractivity contribution in [3.63, 3.8) is 0 Å². The molecule has 3 N–H and O–H groups in total. The summed E-state index contributed by atoms with van der Waals surface area (Å²) < 4.78 is 6.07. The van der Waals surface area contributed by atoms with Crippen LogP contribution in [0.5, 0.6) is 5.75 Å². The number of ether oxygens (including phenoxy) is 1. The number of hydrogen-bond donors (Lipinski definition) is 2. The van der Waals surface area contributed by atoms with E-state index in [2.05, 4.69) is 54.4 Å². The third kappa shape index (κ3) is 4.13. The lowest BCUT2D eigenvalue weighted by atomic mass is 10.0. The molecule has 0 radical (unpaired) electrons. The van der Waals surface area contributed by atoms with Gasteiger partial charge in [0.2, 0.25) is 0 Å². The lowest BCUT2D eigenvalue weighted by Crippen LogP contribution is -1.99. The van der Waals surface area contributed by atoms with Crippen molar-refractivity contribution in [1.82, 2.24) is 4.98 Å². The molecule has 0 fully saturated rings. The molecule has 0 aliphatic rings. The summed E-state index contributed by atoms with van der Waals surface area (Å²) in [6.45, 7) is 3.47. The van der Waals surface area contributed by atoms with Crippen LogP contribution in [0.3, 0.4) is 0 Å². The van der Waals surface area contributed by atoms with Crippen molar-refractivity contribution in [2.24, 2.45) is 5.73 Å². The Labute approximate surface area is 170 Å². The predicted molar refractivity (Wildman–Crippen MR) is 119 cm³/mol. The minimum atomic E-state index is 0.580. The average Bonchev–Trinajstić information content (AvgIpc) is 3.31. The van der Waals surface area contributed by atoms with Crippen LogP contribution in [0.15, 0.2) is 60.7 Å². The Kier molecular flexibility index (Phi) is 5.79. The predicted octanol–water partition coefficient (Wildman–Crippen LogP) is 6.07. The number of benzene rings is 2. The van der Waals surface area contributed by atoms with Gasteiger partial charge in [-0.05, 0) is 74.2 Å². The third-order valence-electron chi connectivity index (χ3n) is 4.99. The monoisotopic (exact) mass is 390 g/mol. The topological polar surface area (TPSA) is 51.0 Å². The summed E-state index contributed by atoms with van der Waals surface area (Å²) in [5.41, 5.74) is 10.7. The number of aromatic amines is 1. The van der Waals surface area contributed by atoms with E-state index in [0.717, 1.165) is 37.1 Å². The summed E-state index contributed by atoms with van der Waals surface area (Å²) >= 11 is 1.83. The van der Waals surface area contributed by atoms with Gasteiger partial charge in [-0.25, -0.2) is 0 Å². The van der Waals surface area contributed by atoms with Crippen molar-refractivity contribution < 1.29 is 4.74 Å². The van der Waals surface area contributed by atoms with Gasteiger partial charge in [-0.1, -0.05) is 30.3 Å². The van der Waals surface area contributed by atoms with Crippen LogP contribution in [0, 0.1) is 6.92 Å². The zero-order chi connectivity index (χ0) is 19.3. The SMILES string of the molecule is Cc1ccc(-c2[nH]c3ccc(OCc4ccccc4)cc3c2CCCCN)s1. The van der Waals surface area contributed by atoms with Crippen molar-refractivity contribution in [3.05, 3.63) is 76.7 Å². The minimum absolute atomic E-state index is 0.580. The second-order valence-electron chi connectivity index (χ2n) is 7.12. The average molecular weight is 391 g/mol. The van der Waals surface area contributed by atoms with E-state index in [1.807, 2.05) is 29.5 Å². The molecule has 0 unspecified atom stereocenters. The maximum Gasteiger partial charge on any atom is 0.120 e. The van der Waals surface area contributed by atoms with E-state index in [1.165, 1.54) is 32.0 Å². The molecule has 0 saturated carbocycles. The van der Waals surface area contributed by atoms with Crippen LogP contribution >= 0.6 is 11.3 Å². The molecule has 0 aliphatic heterocycles. The molecule has 0 atom stereocenters. The molecule has 0 saturated heterocycles. The van der Waals surface area contributed by atoms with E-state index >= 15 is 0 Å². The Morgan fingerprint density at radius 3 is 2.61 bits per heavy atom. The van der Waals surface area contributed by atoms with Crippen LogP contribution < -0.4 is 10.5 Å². The number of nitrogens with one attached hydrogen (secondary N) is 1. The minimum Gasteiger partial charge on any atom is -0.489 e. The summed E-state index contributed by atoms with van der Waals surface area (Å²) in [4.78, 5) is 6.27. The largest absolute Gasteiger partial charge is 0.489 e. The number of aromatic nitrogens is 1. The number of H-pyrrole nitrogens is 1. The van der Waals surface area contributed by atoms with Crippen LogP contribution in [-0.4, -0.2) is 11.5 Å². The van der Waals surface area contributed by atoms with Crippen molar-refractivity contribution in [1.29, 1.82) is 0 Å². The highest BCUT2D eigenvalue weighted by Crippen LogP contribution is 2.36. The van der Waals surface area contributed by atoms with Gasteiger partial charge in [0.05, 0.1) is 10.6 Å². The highest BCUT2D eigenvalue weighted by molar-refractivity contribution is 7.15. The molecule has 4 heteroatoms. The molecule has 0 bridgehead atoms. The molecule has 2 aromatic heterocycles. The van der Waals surface area contributed by atoms with Gasteiger partial charge < -0.3 is 15.5 Å². The molecule has 0 aliphatic carbocycles. The molecule has 2 heterocycles. The van der Waals surface area contributed by atoms with Crippen molar-refractivity contribution in [3.8, 4) is 16.3 Å². The van der Waals surface area contributed by atoms with Crippen LogP contribution in [0.2, 0.25) is 0 Å². The molecule has 0 amide bonds. The maximum absolute atomic E-state index is 6.07. The van der Waals surface area contributed by atoms with E-state index in [1.54, 1.807) is 0 Å². The first-order chi connectivity index (χ1) is 13.7. The number of nitrogens with two attached hydrogens (primary N) is 1. The Hall–Kier alpha value is -2.56. The van der Waals surface area contributed by atoms with Gasteiger partial charge in [0.15, 0.2) is 0 Å². The first-order valence-corrected chi connectivity index (χ1v) is 10.6. The van der Waals surface area contributed by atoms with Crippen LogP contribution in [0.1, 0.15) is 28.8 Å². The number of unbranched alkanes of at least 4 members (excludes halogenated alkanes) is 1. The first kappa shape index (κ1) is 18.8. The van der Waals surface area contributed by atoms with Gasteiger partial charge in [-0.3, -0.25) is 0 Å². The van der Waals surface area contributed by atoms with Gasteiger partial charge in [-0.15, -0.1) is 11.3 Å². The summed E-state index contributed by atoms with van der Waals surface area (Å²) in [6, 6.07) is 21.0. The Morgan fingerprint density at radius 1 is 1.00 bits per heavy atom. The van der Waals surface area contributed by atoms with E-state index in [4.69, 9.17) is 10.5 Å². The molecule has 3 nitrogen and oxygen atoms in total. The van der Waals surface area contributed by atoms with E-state index < -0.39 is 0 Å². The quantitative estimate of drug-likeness (QED) is 0.359. The van der Waals surface area contributed by atoms with E-state index in [9.17, 15) is 0 Å². The number of rotatable bonds is 8. The maximum atomic E-state index is 6.07. The van der Waals surface area contributed by atoms with E-state index in [-0.39, 0.29) is 0 Å². The molecule has 4 rings (SSSR count). The standard InChI is InChI=1S/C24H26N2OS/c1-17-10-13-23(28-17)24-20(9-5-6-14-25)21-15-19(11-12-22(21)26-24)27-16-18-7-3-2-4-8-18/h2-4,7-8,10-13,15,26H,5-6,9,14,16,25H2,1H3. The van der Waals surface area contributed by atoms with Gasteiger partial charge in [-0.2, -0.15) is 0 Å². The zero-order valence-corrected chi connectivity index (χ0v) is 17.0. The lowest BCUT2D eigenvalue weighted by molar-refractivity contribution is 0.306. The second-order valence-corrected chi connectivity index (χ2v) is 8.40. The molecular weight excluding hydrogens is 364 g/mol. The van der Waals surface area contributed by atoms with Gasteiger partial charge in [0.1, 0.15) is 12.4 Å². The highest BCUT2D eigenvalue weighted by Gasteiger charge is 2.15. The Balaban J connectivity index is 1.66.